The Morgan fingerprint density at radius 1 is 1.20 bits per heavy atom. The van der Waals surface area contributed by atoms with Crippen LogP contribution in [-0.2, 0) is 6.54 Å². The Kier molecular flexibility index (Phi) is 4.74. The lowest BCUT2D eigenvalue weighted by Gasteiger charge is -2.21. The van der Waals surface area contributed by atoms with Gasteiger partial charge in [-0.3, -0.25) is 4.79 Å². The summed E-state index contributed by atoms with van der Waals surface area (Å²) in [6, 6.07) is 13.0. The first-order chi connectivity index (χ1) is 9.60. The van der Waals surface area contributed by atoms with Crippen LogP contribution in [0.5, 0.6) is 0 Å². The molecule has 0 aliphatic heterocycles. The molecular weight excluding hydrogens is 277 g/mol. The Labute approximate surface area is 122 Å². The maximum atomic E-state index is 12.9. The van der Waals surface area contributed by atoms with E-state index in [4.69, 9.17) is 11.6 Å². The normalized spacial score (nSPS) is 10.3. The van der Waals surface area contributed by atoms with Crippen molar-refractivity contribution in [3.63, 3.8) is 0 Å². The molecule has 0 spiro atoms. The molecule has 0 unspecified atom stereocenters. The molecule has 2 rings (SSSR count). The van der Waals surface area contributed by atoms with E-state index in [1.807, 2.05) is 25.1 Å². The van der Waals surface area contributed by atoms with E-state index in [0.29, 0.717) is 23.7 Å². The van der Waals surface area contributed by atoms with Crippen LogP contribution < -0.4 is 0 Å². The molecule has 4 heteroatoms. The molecule has 0 heterocycles. The van der Waals surface area contributed by atoms with Crippen molar-refractivity contribution < 1.29 is 9.18 Å². The summed E-state index contributed by atoms with van der Waals surface area (Å²) in [6.07, 6.45) is 0. The van der Waals surface area contributed by atoms with Gasteiger partial charge in [-0.15, -0.1) is 0 Å². The van der Waals surface area contributed by atoms with Gasteiger partial charge in [0.2, 0.25) is 0 Å². The number of amides is 1. The second-order valence-corrected chi connectivity index (χ2v) is 4.89. The maximum absolute atomic E-state index is 12.9. The first kappa shape index (κ1) is 14.5. The van der Waals surface area contributed by atoms with Crippen molar-refractivity contribution in [3.8, 4) is 0 Å². The Hall–Kier alpha value is -1.87. The summed E-state index contributed by atoms with van der Waals surface area (Å²) in [4.78, 5) is 14.0. The van der Waals surface area contributed by atoms with Crippen LogP contribution in [0.1, 0.15) is 22.8 Å². The molecule has 0 bridgehead atoms. The van der Waals surface area contributed by atoms with Gasteiger partial charge in [-0.2, -0.15) is 0 Å². The minimum atomic E-state index is -0.348. The number of carbonyl (C=O) groups is 1. The molecule has 0 fully saturated rings. The van der Waals surface area contributed by atoms with Gasteiger partial charge in [0.25, 0.3) is 5.91 Å². The highest BCUT2D eigenvalue weighted by Crippen LogP contribution is 2.14. The van der Waals surface area contributed by atoms with Crippen LogP contribution in [-0.4, -0.2) is 17.4 Å². The molecule has 0 saturated carbocycles. The molecule has 0 aliphatic rings. The van der Waals surface area contributed by atoms with Crippen molar-refractivity contribution in [1.29, 1.82) is 0 Å². The summed E-state index contributed by atoms with van der Waals surface area (Å²) >= 11 is 5.94. The first-order valence-corrected chi connectivity index (χ1v) is 6.77. The minimum Gasteiger partial charge on any atom is -0.335 e. The van der Waals surface area contributed by atoms with Crippen LogP contribution in [0.25, 0.3) is 0 Å². The van der Waals surface area contributed by atoms with Gasteiger partial charge in [0, 0.05) is 23.7 Å². The van der Waals surface area contributed by atoms with Gasteiger partial charge in [0.15, 0.2) is 0 Å². The number of carbonyl (C=O) groups excluding carboxylic acids is 1. The molecule has 2 aromatic carbocycles. The number of halogens is 2. The molecule has 2 nitrogen and oxygen atoms in total. The van der Waals surface area contributed by atoms with Crippen molar-refractivity contribution >= 4 is 17.5 Å². The summed E-state index contributed by atoms with van der Waals surface area (Å²) in [6.45, 7) is 2.96. The maximum Gasteiger partial charge on any atom is 0.254 e. The second kappa shape index (κ2) is 6.53. The third-order valence-electron chi connectivity index (χ3n) is 3.02. The third-order valence-corrected chi connectivity index (χ3v) is 3.26. The topological polar surface area (TPSA) is 20.3 Å². The Morgan fingerprint density at radius 3 is 2.50 bits per heavy atom. The van der Waals surface area contributed by atoms with Gasteiger partial charge < -0.3 is 4.90 Å². The van der Waals surface area contributed by atoms with Crippen molar-refractivity contribution in [1.82, 2.24) is 4.90 Å². The molecule has 20 heavy (non-hydrogen) atoms. The summed E-state index contributed by atoms with van der Waals surface area (Å²) in [5, 5.41) is 0.646. The summed E-state index contributed by atoms with van der Waals surface area (Å²) in [5.41, 5.74) is 1.45. The monoisotopic (exact) mass is 291 g/mol. The lowest BCUT2D eigenvalue weighted by molar-refractivity contribution is 0.0752. The predicted molar refractivity (Wildman–Crippen MR) is 78.3 cm³/mol. The molecule has 0 aliphatic carbocycles. The fourth-order valence-corrected chi connectivity index (χ4v) is 2.17. The average Bonchev–Trinajstić information content (AvgIpc) is 2.45. The number of nitrogens with zero attached hydrogens (tertiary/aromatic N) is 1. The number of benzene rings is 2. The molecule has 0 N–H and O–H groups in total. The molecular formula is C16H15ClFNO. The lowest BCUT2D eigenvalue weighted by Crippen LogP contribution is -2.30. The Balaban J connectivity index is 2.15. The Bertz CT molecular complexity index is 598. The van der Waals surface area contributed by atoms with Crippen LogP contribution in [0.15, 0.2) is 48.5 Å². The van der Waals surface area contributed by atoms with E-state index in [0.717, 1.165) is 5.56 Å². The molecule has 0 aromatic heterocycles. The standard InChI is InChI=1S/C16H15ClFNO/c1-2-19(11-12-4-3-5-14(17)10-12)16(20)13-6-8-15(18)9-7-13/h3-10H,2,11H2,1H3. The van der Waals surface area contributed by atoms with Crippen LogP contribution in [0.2, 0.25) is 5.02 Å². The zero-order chi connectivity index (χ0) is 14.5. The molecule has 1 amide bonds. The van der Waals surface area contributed by atoms with Gasteiger partial charge in [0.1, 0.15) is 5.82 Å². The van der Waals surface area contributed by atoms with Crippen LogP contribution in [0, 0.1) is 5.82 Å². The largest absolute Gasteiger partial charge is 0.335 e. The fourth-order valence-electron chi connectivity index (χ4n) is 1.96. The average molecular weight is 292 g/mol. The van der Waals surface area contributed by atoms with Crippen molar-refractivity contribution in [3.05, 3.63) is 70.5 Å². The minimum absolute atomic E-state index is 0.118. The number of rotatable bonds is 4. The van der Waals surface area contributed by atoms with Crippen LogP contribution >= 0.6 is 11.6 Å². The fraction of sp³-hybridized carbons (Fsp3) is 0.188. The quantitative estimate of drug-likeness (QED) is 0.829. The van der Waals surface area contributed by atoms with Crippen molar-refractivity contribution in [2.24, 2.45) is 0 Å². The SMILES string of the molecule is CCN(Cc1cccc(Cl)c1)C(=O)c1ccc(F)cc1. The number of hydrogen-bond donors (Lipinski definition) is 0. The van der Waals surface area contributed by atoms with E-state index in [-0.39, 0.29) is 11.7 Å². The van der Waals surface area contributed by atoms with Gasteiger partial charge in [-0.1, -0.05) is 23.7 Å². The highest BCUT2D eigenvalue weighted by Gasteiger charge is 2.14. The summed E-state index contributed by atoms with van der Waals surface area (Å²) in [5.74, 6) is -0.466. The zero-order valence-corrected chi connectivity index (χ0v) is 11.9. The summed E-state index contributed by atoms with van der Waals surface area (Å²) < 4.78 is 12.9. The highest BCUT2D eigenvalue weighted by molar-refractivity contribution is 6.30. The third kappa shape index (κ3) is 3.58. The lowest BCUT2D eigenvalue weighted by atomic mass is 10.1. The van der Waals surface area contributed by atoms with Gasteiger partial charge >= 0.3 is 0 Å². The predicted octanol–water partition coefficient (Wildman–Crippen LogP) is 4.14. The van der Waals surface area contributed by atoms with Crippen LogP contribution in [0.4, 0.5) is 4.39 Å². The van der Waals surface area contributed by atoms with E-state index in [2.05, 4.69) is 0 Å². The van der Waals surface area contributed by atoms with Gasteiger partial charge in [-0.05, 0) is 48.9 Å². The Morgan fingerprint density at radius 2 is 1.90 bits per heavy atom. The second-order valence-electron chi connectivity index (χ2n) is 4.46. The smallest absolute Gasteiger partial charge is 0.254 e. The molecule has 0 radical (unpaired) electrons. The van der Waals surface area contributed by atoms with E-state index in [9.17, 15) is 9.18 Å². The van der Waals surface area contributed by atoms with E-state index in [1.54, 1.807) is 11.0 Å². The van der Waals surface area contributed by atoms with Crippen LogP contribution in [0.3, 0.4) is 0 Å². The van der Waals surface area contributed by atoms with Gasteiger partial charge in [-0.25, -0.2) is 4.39 Å². The van der Waals surface area contributed by atoms with Crippen molar-refractivity contribution in [2.75, 3.05) is 6.54 Å². The van der Waals surface area contributed by atoms with Crippen molar-refractivity contribution in [2.45, 2.75) is 13.5 Å². The molecule has 2 aromatic rings. The van der Waals surface area contributed by atoms with Gasteiger partial charge in [0.05, 0.1) is 0 Å². The zero-order valence-electron chi connectivity index (χ0n) is 11.1. The first-order valence-electron chi connectivity index (χ1n) is 6.39. The summed E-state index contributed by atoms with van der Waals surface area (Å²) in [7, 11) is 0. The number of hydrogen-bond acceptors (Lipinski definition) is 1. The van der Waals surface area contributed by atoms with E-state index in [1.165, 1.54) is 24.3 Å². The van der Waals surface area contributed by atoms with E-state index < -0.39 is 0 Å². The molecule has 0 saturated heterocycles. The highest BCUT2D eigenvalue weighted by atomic mass is 35.5. The molecule has 0 atom stereocenters. The van der Waals surface area contributed by atoms with E-state index >= 15 is 0 Å². The molecule has 104 valence electrons.